The standard InChI is InChI=1S/C10H17N3O/c1-12-6-4-11-10(12)8-13-5-2-3-9(14)7-13/h4,6,9,14H,2-3,5,7-8H2,1H3/t9-/m0/s1. The molecule has 1 aromatic rings. The molecule has 0 bridgehead atoms. The van der Waals surface area contributed by atoms with Gasteiger partial charge in [0, 0.05) is 26.0 Å². The number of piperidine rings is 1. The van der Waals surface area contributed by atoms with Gasteiger partial charge in [0.1, 0.15) is 5.82 Å². The number of β-amino-alcohol motifs (C(OH)–C–C–N with tert-alkyl or cyclic N) is 1. The van der Waals surface area contributed by atoms with Crippen LogP contribution in [-0.4, -0.2) is 38.8 Å². The van der Waals surface area contributed by atoms with Gasteiger partial charge in [0.05, 0.1) is 12.6 Å². The van der Waals surface area contributed by atoms with E-state index in [0.29, 0.717) is 0 Å². The molecule has 0 aliphatic carbocycles. The van der Waals surface area contributed by atoms with E-state index in [1.54, 1.807) is 0 Å². The molecule has 78 valence electrons. The number of nitrogens with zero attached hydrogens (tertiary/aromatic N) is 3. The van der Waals surface area contributed by atoms with Crippen molar-refractivity contribution in [2.75, 3.05) is 13.1 Å². The van der Waals surface area contributed by atoms with Crippen LogP contribution in [-0.2, 0) is 13.6 Å². The monoisotopic (exact) mass is 195 g/mol. The molecule has 1 atom stereocenters. The zero-order valence-electron chi connectivity index (χ0n) is 8.56. The van der Waals surface area contributed by atoms with Gasteiger partial charge in [0.25, 0.3) is 0 Å². The Balaban J connectivity index is 1.94. The van der Waals surface area contributed by atoms with E-state index in [-0.39, 0.29) is 6.10 Å². The summed E-state index contributed by atoms with van der Waals surface area (Å²) in [4.78, 5) is 6.53. The summed E-state index contributed by atoms with van der Waals surface area (Å²) in [6.07, 6.45) is 5.65. The minimum Gasteiger partial charge on any atom is -0.392 e. The van der Waals surface area contributed by atoms with Gasteiger partial charge < -0.3 is 9.67 Å². The number of aliphatic hydroxyl groups excluding tert-OH is 1. The van der Waals surface area contributed by atoms with Crippen molar-refractivity contribution in [2.24, 2.45) is 7.05 Å². The molecule has 0 spiro atoms. The number of imidazole rings is 1. The fourth-order valence-electron chi connectivity index (χ4n) is 1.92. The van der Waals surface area contributed by atoms with Crippen LogP contribution >= 0.6 is 0 Å². The summed E-state index contributed by atoms with van der Waals surface area (Å²) in [5.74, 6) is 1.07. The number of hydrogen-bond acceptors (Lipinski definition) is 3. The number of aryl methyl sites for hydroxylation is 1. The molecule has 1 aromatic heterocycles. The van der Waals surface area contributed by atoms with Gasteiger partial charge in [-0.05, 0) is 19.4 Å². The summed E-state index contributed by atoms with van der Waals surface area (Å²) < 4.78 is 2.03. The molecule has 0 aromatic carbocycles. The highest BCUT2D eigenvalue weighted by atomic mass is 16.3. The lowest BCUT2D eigenvalue weighted by Crippen LogP contribution is -2.38. The lowest BCUT2D eigenvalue weighted by molar-refractivity contribution is 0.0651. The van der Waals surface area contributed by atoms with E-state index in [0.717, 1.165) is 38.3 Å². The van der Waals surface area contributed by atoms with Gasteiger partial charge in [0.2, 0.25) is 0 Å². The van der Waals surface area contributed by atoms with Crippen molar-refractivity contribution < 1.29 is 5.11 Å². The first-order chi connectivity index (χ1) is 6.75. The highest BCUT2D eigenvalue weighted by molar-refractivity contribution is 4.91. The van der Waals surface area contributed by atoms with Crippen LogP contribution in [0.15, 0.2) is 12.4 Å². The molecule has 0 amide bonds. The summed E-state index contributed by atoms with van der Waals surface area (Å²) in [6, 6.07) is 0. The van der Waals surface area contributed by atoms with E-state index in [2.05, 4.69) is 9.88 Å². The Morgan fingerprint density at radius 3 is 3.14 bits per heavy atom. The minimum atomic E-state index is -0.149. The Morgan fingerprint density at radius 2 is 2.50 bits per heavy atom. The zero-order chi connectivity index (χ0) is 9.97. The highest BCUT2D eigenvalue weighted by Crippen LogP contribution is 2.12. The van der Waals surface area contributed by atoms with Crippen LogP contribution in [0.3, 0.4) is 0 Å². The van der Waals surface area contributed by atoms with E-state index in [4.69, 9.17) is 0 Å². The number of aromatic nitrogens is 2. The first-order valence-corrected chi connectivity index (χ1v) is 5.12. The average Bonchev–Trinajstić information content (AvgIpc) is 2.52. The quantitative estimate of drug-likeness (QED) is 0.741. The normalized spacial score (nSPS) is 24.0. The molecule has 1 fully saturated rings. The maximum atomic E-state index is 9.51. The maximum Gasteiger partial charge on any atom is 0.122 e. The molecule has 0 radical (unpaired) electrons. The van der Waals surface area contributed by atoms with Gasteiger partial charge in [-0.25, -0.2) is 4.98 Å². The van der Waals surface area contributed by atoms with E-state index in [9.17, 15) is 5.11 Å². The third kappa shape index (κ3) is 2.13. The van der Waals surface area contributed by atoms with Crippen molar-refractivity contribution in [1.29, 1.82) is 0 Å². The molecular weight excluding hydrogens is 178 g/mol. The fourth-order valence-corrected chi connectivity index (χ4v) is 1.92. The first-order valence-electron chi connectivity index (χ1n) is 5.12. The summed E-state index contributed by atoms with van der Waals surface area (Å²) >= 11 is 0. The van der Waals surface area contributed by atoms with E-state index >= 15 is 0 Å². The van der Waals surface area contributed by atoms with Crippen LogP contribution in [0.25, 0.3) is 0 Å². The van der Waals surface area contributed by atoms with Crippen molar-refractivity contribution in [1.82, 2.24) is 14.5 Å². The van der Waals surface area contributed by atoms with E-state index in [1.165, 1.54) is 0 Å². The summed E-state index contributed by atoms with van der Waals surface area (Å²) in [5, 5.41) is 9.51. The SMILES string of the molecule is Cn1ccnc1CN1CCC[C@H](O)C1. The largest absolute Gasteiger partial charge is 0.392 e. The minimum absolute atomic E-state index is 0.149. The summed E-state index contributed by atoms with van der Waals surface area (Å²) in [7, 11) is 2.00. The molecule has 2 heterocycles. The molecule has 4 heteroatoms. The molecule has 1 aliphatic rings. The third-order valence-corrected chi connectivity index (χ3v) is 2.77. The van der Waals surface area contributed by atoms with Crippen LogP contribution in [0.1, 0.15) is 18.7 Å². The molecule has 0 saturated carbocycles. The second kappa shape index (κ2) is 4.11. The van der Waals surface area contributed by atoms with Crippen molar-refractivity contribution in [2.45, 2.75) is 25.5 Å². The molecule has 1 aliphatic heterocycles. The van der Waals surface area contributed by atoms with Gasteiger partial charge in [-0.2, -0.15) is 0 Å². The molecule has 1 N–H and O–H groups in total. The topological polar surface area (TPSA) is 41.3 Å². The predicted molar refractivity (Wildman–Crippen MR) is 53.7 cm³/mol. The van der Waals surface area contributed by atoms with Crippen LogP contribution in [0.2, 0.25) is 0 Å². The average molecular weight is 195 g/mol. The lowest BCUT2D eigenvalue weighted by atomic mass is 10.1. The highest BCUT2D eigenvalue weighted by Gasteiger charge is 2.18. The molecule has 4 nitrogen and oxygen atoms in total. The van der Waals surface area contributed by atoms with Gasteiger partial charge in [-0.1, -0.05) is 0 Å². The predicted octanol–water partition coefficient (Wildman–Crippen LogP) is 0.377. The Hall–Kier alpha value is -0.870. The van der Waals surface area contributed by atoms with Crippen LogP contribution in [0, 0.1) is 0 Å². The number of hydrogen-bond donors (Lipinski definition) is 1. The fraction of sp³-hybridized carbons (Fsp3) is 0.700. The van der Waals surface area contributed by atoms with Gasteiger partial charge in [-0.15, -0.1) is 0 Å². The number of aliphatic hydroxyl groups is 1. The van der Waals surface area contributed by atoms with Crippen molar-refractivity contribution in [3.05, 3.63) is 18.2 Å². The van der Waals surface area contributed by atoms with Gasteiger partial charge in [0.15, 0.2) is 0 Å². The molecule has 0 unspecified atom stereocenters. The molecular formula is C10H17N3O. The van der Waals surface area contributed by atoms with Gasteiger partial charge >= 0.3 is 0 Å². The van der Waals surface area contributed by atoms with Gasteiger partial charge in [-0.3, -0.25) is 4.90 Å². The number of likely N-dealkylation sites (tertiary alicyclic amines) is 1. The van der Waals surface area contributed by atoms with Crippen LogP contribution in [0.5, 0.6) is 0 Å². The smallest absolute Gasteiger partial charge is 0.122 e. The lowest BCUT2D eigenvalue weighted by Gasteiger charge is -2.29. The van der Waals surface area contributed by atoms with E-state index < -0.39 is 0 Å². The Bertz CT molecular complexity index is 297. The molecule has 1 saturated heterocycles. The number of rotatable bonds is 2. The molecule has 14 heavy (non-hydrogen) atoms. The Kier molecular flexibility index (Phi) is 2.84. The van der Waals surface area contributed by atoms with Crippen LogP contribution < -0.4 is 0 Å². The second-order valence-corrected chi connectivity index (χ2v) is 3.99. The molecule has 2 rings (SSSR count). The van der Waals surface area contributed by atoms with E-state index in [1.807, 2.05) is 24.0 Å². The maximum absolute atomic E-state index is 9.51. The van der Waals surface area contributed by atoms with Crippen LogP contribution in [0.4, 0.5) is 0 Å². The van der Waals surface area contributed by atoms with Crippen molar-refractivity contribution in [3.8, 4) is 0 Å². The summed E-state index contributed by atoms with van der Waals surface area (Å²) in [6.45, 7) is 2.71. The summed E-state index contributed by atoms with van der Waals surface area (Å²) in [5.41, 5.74) is 0. The first kappa shape index (κ1) is 9.68. The van der Waals surface area contributed by atoms with Crippen molar-refractivity contribution in [3.63, 3.8) is 0 Å². The van der Waals surface area contributed by atoms with Crippen molar-refractivity contribution >= 4 is 0 Å². The Labute approximate surface area is 84.2 Å². The second-order valence-electron chi connectivity index (χ2n) is 3.99. The zero-order valence-corrected chi connectivity index (χ0v) is 8.56. The third-order valence-electron chi connectivity index (χ3n) is 2.77. The Morgan fingerprint density at radius 1 is 1.64 bits per heavy atom.